The van der Waals surface area contributed by atoms with E-state index < -0.39 is 39.5 Å². The Labute approximate surface area is 132 Å². The van der Waals surface area contributed by atoms with Gasteiger partial charge in [0.15, 0.2) is 0 Å². The van der Waals surface area contributed by atoms with Crippen molar-refractivity contribution in [3.05, 3.63) is 32.6 Å². The molecule has 1 N–H and O–H groups in total. The number of pyridine rings is 1. The summed E-state index contributed by atoms with van der Waals surface area (Å²) in [5.41, 5.74) is -2.31. The second kappa shape index (κ2) is 6.19. The smallest absolute Gasteiger partial charge is 0.433 e. The number of rotatable bonds is 2. The van der Waals surface area contributed by atoms with Crippen LogP contribution >= 0.6 is 11.6 Å². The third kappa shape index (κ3) is 3.63. The highest BCUT2D eigenvalue weighted by Gasteiger charge is 2.38. The van der Waals surface area contributed by atoms with E-state index >= 15 is 0 Å². The van der Waals surface area contributed by atoms with Crippen LogP contribution in [0.15, 0.2) is 6.07 Å². The first kappa shape index (κ1) is 17.3. The lowest BCUT2D eigenvalue weighted by Crippen LogP contribution is -2.37. The molecule has 1 fully saturated rings. The molecule has 11 heteroatoms. The van der Waals surface area contributed by atoms with Gasteiger partial charge in [-0.15, -0.1) is 0 Å². The van der Waals surface area contributed by atoms with Gasteiger partial charge in [0.25, 0.3) is 0 Å². The summed E-state index contributed by atoms with van der Waals surface area (Å²) in [5.74, 6) is -0.661. The van der Waals surface area contributed by atoms with Crippen molar-refractivity contribution < 1.29 is 28.0 Å². The van der Waals surface area contributed by atoms with Gasteiger partial charge in [-0.3, -0.25) is 10.1 Å². The number of hydrogen-bond donors (Lipinski definition) is 1. The number of halogens is 4. The van der Waals surface area contributed by atoms with Crippen LogP contribution in [0.25, 0.3) is 0 Å². The largest absolute Gasteiger partial charge is 0.465 e. The van der Waals surface area contributed by atoms with Crippen LogP contribution in [0.1, 0.15) is 30.1 Å². The molecule has 0 aromatic carbocycles. The highest BCUT2D eigenvalue weighted by atomic mass is 35.5. The van der Waals surface area contributed by atoms with Crippen molar-refractivity contribution in [3.63, 3.8) is 0 Å². The molecule has 0 bridgehead atoms. The number of alkyl halides is 3. The quantitative estimate of drug-likeness (QED) is 0.648. The molecule has 0 saturated carbocycles. The Morgan fingerprint density at radius 1 is 1.43 bits per heavy atom. The standard InChI is InChI=1S/C12H11ClF3N3O4/c13-7-5-8(12(14,15)16)17-9(10(7)19(22)23)6-1-3-18(4-2-6)11(20)21/h5-6H,1-4H2,(H,20,21). The number of carboxylic acid groups (broad SMARTS) is 1. The third-order valence-corrected chi connectivity index (χ3v) is 3.89. The molecule has 1 amide bonds. The van der Waals surface area contributed by atoms with E-state index in [9.17, 15) is 28.1 Å². The van der Waals surface area contributed by atoms with Gasteiger partial charge >= 0.3 is 18.0 Å². The maximum atomic E-state index is 12.8. The van der Waals surface area contributed by atoms with Crippen LogP contribution in [-0.2, 0) is 6.18 Å². The molecule has 0 atom stereocenters. The molecule has 0 aliphatic carbocycles. The number of carbonyl (C=O) groups is 1. The van der Waals surface area contributed by atoms with Crippen molar-refractivity contribution in [2.24, 2.45) is 0 Å². The number of nitro groups is 1. The van der Waals surface area contributed by atoms with E-state index in [1.54, 1.807) is 0 Å². The molecule has 1 aromatic rings. The van der Waals surface area contributed by atoms with Crippen LogP contribution < -0.4 is 0 Å². The number of nitrogens with zero attached hydrogens (tertiary/aromatic N) is 3. The van der Waals surface area contributed by atoms with E-state index in [2.05, 4.69) is 4.98 Å². The molecule has 0 unspecified atom stereocenters. The maximum absolute atomic E-state index is 12.8. The molecule has 126 valence electrons. The van der Waals surface area contributed by atoms with E-state index in [0.717, 1.165) is 4.90 Å². The zero-order valence-electron chi connectivity index (χ0n) is 11.5. The fraction of sp³-hybridized carbons (Fsp3) is 0.500. The van der Waals surface area contributed by atoms with Gasteiger partial charge < -0.3 is 10.0 Å². The SMILES string of the molecule is O=C(O)N1CCC(c2nc(C(F)(F)F)cc(Cl)c2[N+](=O)[O-])CC1. The molecule has 2 heterocycles. The molecular formula is C12H11ClF3N3O4. The molecule has 23 heavy (non-hydrogen) atoms. The number of hydrogen-bond acceptors (Lipinski definition) is 4. The summed E-state index contributed by atoms with van der Waals surface area (Å²) >= 11 is 5.65. The zero-order chi connectivity index (χ0) is 17.4. The normalized spacial score (nSPS) is 16.4. The van der Waals surface area contributed by atoms with Gasteiger partial charge in [-0.05, 0) is 18.9 Å². The fourth-order valence-corrected chi connectivity index (χ4v) is 2.75. The van der Waals surface area contributed by atoms with Crippen molar-refractivity contribution in [2.75, 3.05) is 13.1 Å². The number of piperidine rings is 1. The Morgan fingerprint density at radius 3 is 2.43 bits per heavy atom. The van der Waals surface area contributed by atoms with Crippen LogP contribution in [0.5, 0.6) is 0 Å². The first-order valence-electron chi connectivity index (χ1n) is 6.51. The molecule has 1 aliphatic rings. The molecular weight excluding hydrogens is 343 g/mol. The number of likely N-dealkylation sites (tertiary alicyclic amines) is 1. The van der Waals surface area contributed by atoms with Crippen molar-refractivity contribution in [1.82, 2.24) is 9.88 Å². The predicted octanol–water partition coefficient (Wildman–Crippen LogP) is 3.52. The Balaban J connectivity index is 2.42. The van der Waals surface area contributed by atoms with Gasteiger partial charge in [-0.25, -0.2) is 9.78 Å². The van der Waals surface area contributed by atoms with Gasteiger partial charge in [0.1, 0.15) is 16.4 Å². The monoisotopic (exact) mass is 353 g/mol. The lowest BCUT2D eigenvalue weighted by Gasteiger charge is -2.29. The summed E-state index contributed by atoms with van der Waals surface area (Å²) in [5, 5.41) is 19.3. The summed E-state index contributed by atoms with van der Waals surface area (Å²) in [4.78, 5) is 25.6. The van der Waals surface area contributed by atoms with Crippen LogP contribution in [0.4, 0.5) is 23.7 Å². The van der Waals surface area contributed by atoms with E-state index in [0.29, 0.717) is 6.07 Å². The van der Waals surface area contributed by atoms with Gasteiger partial charge in [0.2, 0.25) is 0 Å². The minimum absolute atomic E-state index is 0.0622. The minimum Gasteiger partial charge on any atom is -0.465 e. The van der Waals surface area contributed by atoms with Crippen LogP contribution in [0.2, 0.25) is 5.02 Å². The summed E-state index contributed by atoms with van der Waals surface area (Å²) in [6, 6.07) is 0.426. The molecule has 0 spiro atoms. The number of amides is 1. The summed E-state index contributed by atoms with van der Waals surface area (Å²) in [6.07, 6.45) is -5.65. The summed E-state index contributed by atoms with van der Waals surface area (Å²) < 4.78 is 38.5. The Hall–Kier alpha value is -2.10. The van der Waals surface area contributed by atoms with Gasteiger partial charge in [0, 0.05) is 19.0 Å². The van der Waals surface area contributed by atoms with Crippen LogP contribution in [0.3, 0.4) is 0 Å². The molecule has 2 rings (SSSR count). The Kier molecular flexibility index (Phi) is 4.64. The second-order valence-electron chi connectivity index (χ2n) is 5.02. The van der Waals surface area contributed by atoms with Crippen molar-refractivity contribution in [3.8, 4) is 0 Å². The van der Waals surface area contributed by atoms with E-state index in [-0.39, 0.29) is 31.6 Å². The van der Waals surface area contributed by atoms with E-state index in [4.69, 9.17) is 16.7 Å². The molecule has 1 aromatic heterocycles. The Bertz CT molecular complexity index is 645. The predicted molar refractivity (Wildman–Crippen MR) is 72.5 cm³/mol. The average Bonchev–Trinajstić information content (AvgIpc) is 2.45. The second-order valence-corrected chi connectivity index (χ2v) is 5.43. The third-order valence-electron chi connectivity index (χ3n) is 3.60. The number of aromatic nitrogens is 1. The van der Waals surface area contributed by atoms with E-state index in [1.807, 2.05) is 0 Å². The highest BCUT2D eigenvalue weighted by Crippen LogP contribution is 2.40. The topological polar surface area (TPSA) is 96.6 Å². The minimum atomic E-state index is -4.78. The van der Waals surface area contributed by atoms with Crippen molar-refractivity contribution >= 4 is 23.4 Å². The van der Waals surface area contributed by atoms with Crippen molar-refractivity contribution in [1.29, 1.82) is 0 Å². The summed E-state index contributed by atoms with van der Waals surface area (Å²) in [7, 11) is 0. The van der Waals surface area contributed by atoms with Gasteiger partial charge in [-0.2, -0.15) is 13.2 Å². The maximum Gasteiger partial charge on any atom is 0.433 e. The van der Waals surface area contributed by atoms with Crippen LogP contribution in [0, 0.1) is 10.1 Å². The lowest BCUT2D eigenvalue weighted by atomic mass is 9.92. The molecule has 1 aliphatic heterocycles. The lowest BCUT2D eigenvalue weighted by molar-refractivity contribution is -0.386. The molecule has 7 nitrogen and oxygen atoms in total. The highest BCUT2D eigenvalue weighted by molar-refractivity contribution is 6.32. The first-order chi connectivity index (χ1) is 10.6. The summed E-state index contributed by atoms with van der Waals surface area (Å²) in [6.45, 7) is 0.124. The van der Waals surface area contributed by atoms with Gasteiger partial charge in [0.05, 0.1) is 4.92 Å². The van der Waals surface area contributed by atoms with Gasteiger partial charge in [-0.1, -0.05) is 11.6 Å². The fourth-order valence-electron chi connectivity index (χ4n) is 2.48. The average molecular weight is 354 g/mol. The first-order valence-corrected chi connectivity index (χ1v) is 6.89. The molecule has 0 radical (unpaired) electrons. The Morgan fingerprint density at radius 2 is 2.00 bits per heavy atom. The zero-order valence-corrected chi connectivity index (χ0v) is 12.3. The van der Waals surface area contributed by atoms with Crippen molar-refractivity contribution in [2.45, 2.75) is 24.9 Å². The van der Waals surface area contributed by atoms with Crippen LogP contribution in [-0.4, -0.2) is 39.1 Å². The molecule has 1 saturated heterocycles. The van der Waals surface area contributed by atoms with E-state index in [1.165, 1.54) is 0 Å².